The Labute approximate surface area is 199 Å². The number of aromatic nitrogens is 1. The third-order valence-corrected chi connectivity index (χ3v) is 7.70. The van der Waals surface area contributed by atoms with E-state index in [-0.39, 0.29) is 35.2 Å². The number of nitrogens with one attached hydrogen (secondary N) is 2. The van der Waals surface area contributed by atoms with Gasteiger partial charge in [0.1, 0.15) is 5.78 Å². The highest BCUT2D eigenvalue weighted by atomic mass is 32.2. The number of likely N-dealkylation sites (tertiary alicyclic amines) is 1. The van der Waals surface area contributed by atoms with Gasteiger partial charge in [-0.15, -0.1) is 18.3 Å². The minimum Gasteiger partial charge on any atom is -0.361 e. The van der Waals surface area contributed by atoms with Gasteiger partial charge in [-0.1, -0.05) is 18.2 Å². The van der Waals surface area contributed by atoms with Gasteiger partial charge < -0.3 is 10.3 Å². The Hall–Kier alpha value is -2.58. The van der Waals surface area contributed by atoms with Crippen LogP contribution in [0.4, 0.5) is 4.79 Å². The zero-order chi connectivity index (χ0) is 23.5. The van der Waals surface area contributed by atoms with Crippen LogP contribution in [-0.2, 0) is 16.0 Å². The van der Waals surface area contributed by atoms with E-state index in [0.717, 1.165) is 11.9 Å². The smallest absolute Gasteiger partial charge is 0.324 e. The number of benzene rings is 1. The summed E-state index contributed by atoms with van der Waals surface area (Å²) in [4.78, 5) is 44.8. The fourth-order valence-corrected chi connectivity index (χ4v) is 6.13. The molecule has 0 bridgehead atoms. The predicted octanol–water partition coefficient (Wildman–Crippen LogP) is 3.52. The van der Waals surface area contributed by atoms with E-state index in [1.54, 1.807) is 0 Å². The Morgan fingerprint density at radius 2 is 2.18 bits per heavy atom. The Bertz CT molecular complexity index is 1070. The van der Waals surface area contributed by atoms with Crippen LogP contribution in [0.5, 0.6) is 0 Å². The molecule has 0 saturated carbocycles. The minimum absolute atomic E-state index is 0.0265. The molecule has 7 nitrogen and oxygen atoms in total. The lowest BCUT2D eigenvalue weighted by Gasteiger charge is -2.47. The summed E-state index contributed by atoms with van der Waals surface area (Å²) < 4.78 is 0. The van der Waals surface area contributed by atoms with Crippen molar-refractivity contribution in [3.05, 3.63) is 48.2 Å². The van der Waals surface area contributed by atoms with Gasteiger partial charge in [0, 0.05) is 48.7 Å². The molecule has 0 unspecified atom stereocenters. The maximum absolute atomic E-state index is 13.7. The summed E-state index contributed by atoms with van der Waals surface area (Å²) >= 11 is 1.30. The van der Waals surface area contributed by atoms with Crippen LogP contribution < -0.4 is 5.32 Å². The maximum atomic E-state index is 13.7. The number of amides is 3. The molecule has 4 rings (SSSR count). The first kappa shape index (κ1) is 23.6. The number of imide groups is 1. The number of thioether (sulfide) groups is 1. The molecule has 176 valence electrons. The van der Waals surface area contributed by atoms with Crippen LogP contribution in [0.2, 0.25) is 0 Å². The van der Waals surface area contributed by atoms with E-state index in [2.05, 4.69) is 46.2 Å². The van der Waals surface area contributed by atoms with Gasteiger partial charge in [-0.25, -0.2) is 4.79 Å². The van der Waals surface area contributed by atoms with Gasteiger partial charge >= 0.3 is 6.03 Å². The van der Waals surface area contributed by atoms with Crippen LogP contribution in [0.25, 0.3) is 10.9 Å². The van der Waals surface area contributed by atoms with Gasteiger partial charge in [-0.05, 0) is 43.9 Å². The molecule has 1 aromatic heterocycles. The second kappa shape index (κ2) is 10.1. The first-order chi connectivity index (χ1) is 15.9. The Morgan fingerprint density at radius 1 is 1.36 bits per heavy atom. The van der Waals surface area contributed by atoms with Gasteiger partial charge in [-0.2, -0.15) is 0 Å². The van der Waals surface area contributed by atoms with Crippen molar-refractivity contribution in [1.29, 1.82) is 0 Å². The van der Waals surface area contributed by atoms with Crippen LogP contribution >= 0.6 is 11.8 Å². The zero-order valence-corrected chi connectivity index (χ0v) is 20.1. The predicted molar refractivity (Wildman–Crippen MR) is 132 cm³/mol. The van der Waals surface area contributed by atoms with Gasteiger partial charge in [0.2, 0.25) is 5.91 Å². The molecule has 2 N–H and O–H groups in total. The lowest BCUT2D eigenvalue weighted by atomic mass is 9.72. The van der Waals surface area contributed by atoms with Crippen LogP contribution in [0.3, 0.4) is 0 Å². The van der Waals surface area contributed by atoms with Crippen LogP contribution in [0.1, 0.15) is 37.3 Å². The average molecular weight is 469 g/mol. The molecule has 0 spiro atoms. The number of carbonyl (C=O) groups is 3. The third-order valence-electron chi connectivity index (χ3n) is 6.65. The number of urea groups is 1. The van der Waals surface area contributed by atoms with E-state index in [1.807, 2.05) is 13.0 Å². The summed E-state index contributed by atoms with van der Waals surface area (Å²) in [6.45, 7) is 9.01. The number of carbonyl (C=O) groups excluding carboxylic acids is 3. The fraction of sp³-hybridized carbons (Fsp3) is 0.480. The van der Waals surface area contributed by atoms with E-state index in [0.29, 0.717) is 32.1 Å². The zero-order valence-electron chi connectivity index (χ0n) is 19.3. The minimum atomic E-state index is -0.394. The monoisotopic (exact) mass is 468 g/mol. The van der Waals surface area contributed by atoms with Gasteiger partial charge in [-0.3, -0.25) is 19.4 Å². The van der Waals surface area contributed by atoms with E-state index in [9.17, 15) is 14.4 Å². The molecule has 8 heteroatoms. The summed E-state index contributed by atoms with van der Waals surface area (Å²) in [5.41, 5.74) is 3.74. The number of piperidine rings is 1. The van der Waals surface area contributed by atoms with E-state index >= 15 is 0 Å². The summed E-state index contributed by atoms with van der Waals surface area (Å²) in [6.07, 6.45) is 5.64. The van der Waals surface area contributed by atoms with Crippen LogP contribution in [0, 0.1) is 5.92 Å². The first-order valence-corrected chi connectivity index (χ1v) is 12.7. The molecule has 2 heterocycles. The highest BCUT2D eigenvalue weighted by Gasteiger charge is 2.44. The Balaban J connectivity index is 1.62. The molecular formula is C25H32N4O3S. The normalized spacial score (nSPS) is 21.9. The first-order valence-electron chi connectivity index (χ1n) is 11.5. The van der Waals surface area contributed by atoms with Crippen LogP contribution in [-0.4, -0.2) is 69.8 Å². The number of ketones is 1. The lowest BCUT2D eigenvalue weighted by molar-refractivity contribution is -0.134. The molecule has 1 fully saturated rings. The average Bonchev–Trinajstić information content (AvgIpc) is 3.21. The Morgan fingerprint density at radius 3 is 2.91 bits per heavy atom. The summed E-state index contributed by atoms with van der Waals surface area (Å²) in [6, 6.07) is 6.25. The standard InChI is InChI=1S/C25H32N4O3S/c1-4-9-28-13-18(24(31)29(25(32)26-5-2)15-33-14-16(3)30)10-20-19-7-6-8-21-23(19)17(12-27-21)11-22(20)28/h4,6-8,12,18,20,22,27H,1,5,9-11,13-15H2,2-3H3,(H,26,32)/t18-,20-,22-/m1/s1. The molecular weight excluding hydrogens is 436 g/mol. The molecule has 3 amide bonds. The molecule has 1 saturated heterocycles. The quantitative estimate of drug-likeness (QED) is 0.457. The fourth-order valence-electron chi connectivity index (χ4n) is 5.32. The van der Waals surface area contributed by atoms with Crippen molar-refractivity contribution >= 4 is 40.4 Å². The summed E-state index contributed by atoms with van der Waals surface area (Å²) in [5, 5.41) is 4.04. The number of Topliss-reactive ketones (excluding diaryl/α,β-unsaturated/α-hetero) is 1. The maximum Gasteiger partial charge on any atom is 0.324 e. The molecule has 2 aromatic rings. The van der Waals surface area contributed by atoms with Crippen molar-refractivity contribution in [2.24, 2.45) is 5.92 Å². The van der Waals surface area contributed by atoms with Crippen molar-refractivity contribution in [2.75, 3.05) is 31.3 Å². The highest BCUT2D eigenvalue weighted by molar-refractivity contribution is 7.99. The third kappa shape index (κ3) is 4.73. The van der Waals surface area contributed by atoms with Crippen molar-refractivity contribution in [1.82, 2.24) is 20.1 Å². The largest absolute Gasteiger partial charge is 0.361 e. The van der Waals surface area contributed by atoms with E-state index in [4.69, 9.17) is 0 Å². The molecule has 33 heavy (non-hydrogen) atoms. The summed E-state index contributed by atoms with van der Waals surface area (Å²) in [5.74, 6) is 0.214. The molecule has 1 aliphatic carbocycles. The van der Waals surface area contributed by atoms with E-state index in [1.165, 1.54) is 40.1 Å². The lowest BCUT2D eigenvalue weighted by Crippen LogP contribution is -2.55. The topological polar surface area (TPSA) is 85.5 Å². The SMILES string of the molecule is C=CCN1C[C@H](C(=O)N(CSCC(C)=O)C(=O)NCC)C[C@@H]2c3cccc4[nH]cc(c34)C[C@H]21. The second-order valence-corrected chi connectivity index (χ2v) is 9.87. The van der Waals surface area contributed by atoms with Crippen molar-refractivity contribution in [2.45, 2.75) is 38.6 Å². The number of hydrogen-bond acceptors (Lipinski definition) is 5. The van der Waals surface area contributed by atoms with Gasteiger partial charge in [0.05, 0.1) is 17.5 Å². The van der Waals surface area contributed by atoms with Gasteiger partial charge in [0.15, 0.2) is 0 Å². The molecule has 3 atom stereocenters. The number of hydrogen-bond donors (Lipinski definition) is 2. The van der Waals surface area contributed by atoms with Crippen molar-refractivity contribution in [3.8, 4) is 0 Å². The highest BCUT2D eigenvalue weighted by Crippen LogP contribution is 2.45. The number of nitrogens with zero attached hydrogens (tertiary/aromatic N) is 2. The van der Waals surface area contributed by atoms with Gasteiger partial charge in [0.25, 0.3) is 0 Å². The van der Waals surface area contributed by atoms with Crippen LogP contribution in [0.15, 0.2) is 37.1 Å². The molecule has 1 aromatic carbocycles. The van der Waals surface area contributed by atoms with Crippen molar-refractivity contribution < 1.29 is 14.4 Å². The van der Waals surface area contributed by atoms with Crippen molar-refractivity contribution in [3.63, 3.8) is 0 Å². The van der Waals surface area contributed by atoms with E-state index < -0.39 is 6.03 Å². The number of fused-ring (bicyclic) bond motifs is 2. The molecule has 2 aliphatic rings. The Kier molecular flexibility index (Phi) is 7.24. The number of H-pyrrole nitrogens is 1. The summed E-state index contributed by atoms with van der Waals surface area (Å²) in [7, 11) is 0. The second-order valence-electron chi connectivity index (χ2n) is 8.92. The number of rotatable bonds is 8. The molecule has 1 aliphatic heterocycles. The number of aromatic amines is 1. The molecule has 0 radical (unpaired) electrons.